The lowest BCUT2D eigenvalue weighted by molar-refractivity contribution is 0.380. The smallest absolute Gasteiger partial charge is 0.200 e. The molecule has 45 heavy (non-hydrogen) atoms. The Morgan fingerprint density at radius 2 is 0.600 bits per heavy atom. The minimum atomic E-state index is -5.87. The van der Waals surface area contributed by atoms with Gasteiger partial charge in [-0.15, -0.1) is 16.4 Å². The summed E-state index contributed by atoms with van der Waals surface area (Å²) in [7, 11) is 0. The highest BCUT2D eigenvalue weighted by atomic mass is 19.2. The van der Waals surface area contributed by atoms with Crippen molar-refractivity contribution >= 4 is 38.8 Å². The third-order valence-electron chi connectivity index (χ3n) is 7.38. The molecule has 234 valence electrons. The summed E-state index contributed by atoms with van der Waals surface area (Å²) in [5.74, 6) is -46.5. The van der Waals surface area contributed by atoms with Gasteiger partial charge in [0.15, 0.2) is 52.4 Å². The number of rotatable bonds is 4. The molecule has 0 aliphatic rings. The first kappa shape index (κ1) is 31.6. The number of phenols is 1. The van der Waals surface area contributed by atoms with Gasteiger partial charge >= 0.3 is 0 Å². The van der Waals surface area contributed by atoms with Crippen LogP contribution in [0, 0.1) is 87.3 Å². The summed E-state index contributed by atoms with van der Waals surface area (Å²) < 4.78 is 224. The van der Waals surface area contributed by atoms with Crippen LogP contribution < -0.4 is 21.9 Å². The predicted octanol–water partition coefficient (Wildman–Crippen LogP) is 6.01. The highest BCUT2D eigenvalue weighted by Gasteiger charge is 2.49. The van der Waals surface area contributed by atoms with Crippen LogP contribution in [0.1, 0.15) is 0 Å². The van der Waals surface area contributed by atoms with Crippen LogP contribution in [0.25, 0.3) is 10.8 Å². The van der Waals surface area contributed by atoms with Gasteiger partial charge in [0, 0.05) is 0 Å². The standard InChI is InChI=1S/C28H7BF15O/c30-14-11(15(31)21(37)26(42)20(14)36)29(12-16(32)22(38)27(43)23(39)17(12)33,13-18(34)24(40)28(44)25(41)19(13)35)9-3-1-8-6-10(45)4-2-7(8)5-9/h1-6,45H/q-1. The fraction of sp³-hybridized carbons (Fsp3) is 0. The first-order valence-electron chi connectivity index (χ1n) is 11.9. The SMILES string of the molecule is Oc1ccc2cc([B-](c3c(F)c(F)c(F)c(F)c3F)(c3c(F)c(F)c(F)c(F)c3F)c3c(F)c(F)c(F)c(F)c3F)ccc2c1. The van der Waals surface area contributed by atoms with Gasteiger partial charge in [-0.05, 0) is 22.9 Å². The van der Waals surface area contributed by atoms with Gasteiger partial charge < -0.3 is 5.11 Å². The van der Waals surface area contributed by atoms with Gasteiger partial charge in [-0.25, -0.2) is 65.9 Å². The molecular formula is C28H7BF15O-. The molecule has 0 saturated heterocycles. The zero-order valence-corrected chi connectivity index (χ0v) is 21.2. The minimum Gasteiger partial charge on any atom is -0.508 e. The molecule has 5 aromatic rings. The molecule has 0 aromatic heterocycles. The van der Waals surface area contributed by atoms with Crippen LogP contribution in [0.15, 0.2) is 36.4 Å². The third-order valence-corrected chi connectivity index (χ3v) is 7.38. The van der Waals surface area contributed by atoms with E-state index in [4.69, 9.17) is 0 Å². The van der Waals surface area contributed by atoms with Gasteiger partial charge in [-0.2, -0.15) is 5.46 Å². The van der Waals surface area contributed by atoms with Crippen LogP contribution in [-0.2, 0) is 0 Å². The van der Waals surface area contributed by atoms with Crippen molar-refractivity contribution < 1.29 is 71.0 Å². The molecule has 0 radical (unpaired) electrons. The zero-order valence-electron chi connectivity index (χ0n) is 21.2. The second-order valence-corrected chi connectivity index (χ2v) is 9.61. The van der Waals surface area contributed by atoms with E-state index in [9.17, 15) is 44.6 Å². The topological polar surface area (TPSA) is 20.2 Å². The number of benzene rings is 5. The van der Waals surface area contributed by atoms with Crippen molar-refractivity contribution in [2.75, 3.05) is 0 Å². The minimum absolute atomic E-state index is 0.129. The molecule has 0 fully saturated rings. The molecule has 5 aromatic carbocycles. The summed E-state index contributed by atoms with van der Waals surface area (Å²) >= 11 is 0. The van der Waals surface area contributed by atoms with Crippen molar-refractivity contribution in [2.45, 2.75) is 0 Å². The number of hydrogen-bond acceptors (Lipinski definition) is 1. The van der Waals surface area contributed by atoms with E-state index < -0.39 is 121 Å². The molecule has 0 aliphatic heterocycles. The van der Waals surface area contributed by atoms with E-state index in [-0.39, 0.29) is 10.8 Å². The van der Waals surface area contributed by atoms with Gasteiger partial charge in [-0.3, -0.25) is 0 Å². The lowest BCUT2D eigenvalue weighted by Crippen LogP contribution is -2.79. The van der Waals surface area contributed by atoms with Crippen molar-refractivity contribution in [3.8, 4) is 5.75 Å². The molecule has 0 aliphatic carbocycles. The lowest BCUT2D eigenvalue weighted by atomic mass is 9.12. The Bertz CT molecular complexity index is 1840. The maximum absolute atomic E-state index is 15.7. The van der Waals surface area contributed by atoms with Crippen LogP contribution in [0.2, 0.25) is 0 Å². The maximum atomic E-state index is 15.7. The molecule has 17 heteroatoms. The normalized spacial score (nSPS) is 12.0. The number of hydrogen-bond donors (Lipinski definition) is 1. The highest BCUT2D eigenvalue weighted by Crippen LogP contribution is 2.29. The Morgan fingerprint density at radius 1 is 0.333 bits per heavy atom. The summed E-state index contributed by atoms with van der Waals surface area (Å²) in [6.07, 6.45) is -5.87. The van der Waals surface area contributed by atoms with Crippen molar-refractivity contribution in [3.63, 3.8) is 0 Å². The molecule has 0 heterocycles. The van der Waals surface area contributed by atoms with Crippen molar-refractivity contribution in [3.05, 3.63) is 124 Å². The quantitative estimate of drug-likeness (QED) is 0.109. The van der Waals surface area contributed by atoms with E-state index in [0.717, 1.165) is 18.2 Å². The number of phenolic OH excluding ortho intramolecular Hbond substituents is 1. The van der Waals surface area contributed by atoms with E-state index in [2.05, 4.69) is 0 Å². The Labute approximate surface area is 239 Å². The van der Waals surface area contributed by atoms with Gasteiger partial charge in [0.05, 0.1) is 0 Å². The van der Waals surface area contributed by atoms with Crippen molar-refractivity contribution in [1.29, 1.82) is 0 Å². The van der Waals surface area contributed by atoms with Gasteiger partial charge in [0.25, 0.3) is 0 Å². The molecule has 0 atom stereocenters. The first-order valence-corrected chi connectivity index (χ1v) is 11.9. The monoisotopic (exact) mass is 655 g/mol. The molecule has 1 nitrogen and oxygen atoms in total. The van der Waals surface area contributed by atoms with E-state index >= 15 is 26.3 Å². The molecule has 0 spiro atoms. The molecular weight excluding hydrogens is 648 g/mol. The Balaban J connectivity index is 2.25. The second-order valence-electron chi connectivity index (χ2n) is 9.61. The van der Waals surface area contributed by atoms with E-state index in [0.29, 0.717) is 18.2 Å². The van der Waals surface area contributed by atoms with E-state index in [1.54, 1.807) is 0 Å². The lowest BCUT2D eigenvalue weighted by Gasteiger charge is -2.44. The summed E-state index contributed by atoms with van der Waals surface area (Å²) in [5.41, 5.74) is -9.65. The third kappa shape index (κ3) is 4.23. The Kier molecular flexibility index (Phi) is 7.49. The molecule has 0 amide bonds. The predicted molar refractivity (Wildman–Crippen MR) is 129 cm³/mol. The van der Waals surface area contributed by atoms with Gasteiger partial charge in [0.1, 0.15) is 46.8 Å². The summed E-state index contributed by atoms with van der Waals surface area (Å²) in [4.78, 5) is 0. The molecule has 0 saturated carbocycles. The van der Waals surface area contributed by atoms with Crippen LogP contribution in [0.5, 0.6) is 5.75 Å². The second kappa shape index (κ2) is 10.7. The molecule has 5 rings (SSSR count). The highest BCUT2D eigenvalue weighted by molar-refractivity contribution is 7.20. The first-order chi connectivity index (χ1) is 21.0. The van der Waals surface area contributed by atoms with Crippen LogP contribution in [0.4, 0.5) is 65.9 Å². The number of aromatic hydroxyl groups is 1. The van der Waals surface area contributed by atoms with Crippen molar-refractivity contribution in [1.82, 2.24) is 0 Å². The van der Waals surface area contributed by atoms with Crippen LogP contribution in [0.3, 0.4) is 0 Å². The number of halogens is 15. The van der Waals surface area contributed by atoms with Gasteiger partial charge in [-0.1, -0.05) is 24.3 Å². The van der Waals surface area contributed by atoms with Crippen LogP contribution >= 0.6 is 0 Å². The van der Waals surface area contributed by atoms with E-state index in [1.807, 2.05) is 0 Å². The molecule has 1 N–H and O–H groups in total. The molecule has 0 bridgehead atoms. The average Bonchev–Trinajstić information content (AvgIpc) is 3.02. The summed E-state index contributed by atoms with van der Waals surface area (Å²) in [6, 6.07) is 4.19. The largest absolute Gasteiger partial charge is 0.508 e. The van der Waals surface area contributed by atoms with Crippen molar-refractivity contribution in [2.24, 2.45) is 0 Å². The Hall–Kier alpha value is -4.83. The van der Waals surface area contributed by atoms with E-state index in [1.165, 1.54) is 0 Å². The fourth-order valence-corrected chi connectivity index (χ4v) is 5.46. The fourth-order valence-electron chi connectivity index (χ4n) is 5.46. The van der Waals surface area contributed by atoms with Gasteiger partial charge in [0.2, 0.25) is 0 Å². The Morgan fingerprint density at radius 3 is 0.933 bits per heavy atom. The summed E-state index contributed by atoms with van der Waals surface area (Å²) in [5, 5.41) is 9.23. The number of fused-ring (bicyclic) bond motifs is 1. The molecule has 0 unspecified atom stereocenters. The maximum Gasteiger partial charge on any atom is 0.200 e. The van der Waals surface area contributed by atoms with Crippen LogP contribution in [-0.4, -0.2) is 11.3 Å². The zero-order chi connectivity index (χ0) is 33.4. The average molecular weight is 655 g/mol. The summed E-state index contributed by atoms with van der Waals surface area (Å²) in [6.45, 7) is 0.